The second kappa shape index (κ2) is 6.81. The summed E-state index contributed by atoms with van der Waals surface area (Å²) in [6.45, 7) is 1.82. The van der Waals surface area contributed by atoms with E-state index in [1.165, 1.54) is 6.26 Å². The Balaban J connectivity index is 1.58. The summed E-state index contributed by atoms with van der Waals surface area (Å²) in [5, 5.41) is 0.0940. The fraction of sp³-hybridized carbons (Fsp3) is 0.300. The lowest BCUT2D eigenvalue weighted by Crippen LogP contribution is -2.29. The lowest BCUT2D eigenvalue weighted by molar-refractivity contribution is 0.0786. The fourth-order valence-corrected chi connectivity index (χ4v) is 4.54. The molecule has 1 aliphatic heterocycles. The Morgan fingerprint density at radius 1 is 1.11 bits per heavy atom. The molecule has 2 aromatic carbocycles. The Hall–Kier alpha value is -2.67. The molecule has 27 heavy (non-hydrogen) atoms. The maximum atomic E-state index is 12.6. The van der Waals surface area contributed by atoms with Gasteiger partial charge in [-0.3, -0.25) is 4.79 Å². The average molecular weight is 383 g/mol. The number of benzene rings is 2. The van der Waals surface area contributed by atoms with Gasteiger partial charge in [0.25, 0.3) is 5.91 Å². The third-order valence-electron chi connectivity index (χ3n) is 4.99. The van der Waals surface area contributed by atoms with Gasteiger partial charge in [0.15, 0.2) is 0 Å². The van der Waals surface area contributed by atoms with Crippen LogP contribution in [0.15, 0.2) is 59.8 Å². The summed E-state index contributed by atoms with van der Waals surface area (Å²) in [5.74, 6) is 0.215. The maximum absolute atomic E-state index is 12.6. The van der Waals surface area contributed by atoms with Crippen molar-refractivity contribution in [1.82, 2.24) is 14.5 Å². The zero-order chi connectivity index (χ0) is 19.0. The van der Waals surface area contributed by atoms with Gasteiger partial charge >= 0.3 is 0 Å². The van der Waals surface area contributed by atoms with Crippen molar-refractivity contribution in [3.05, 3.63) is 60.2 Å². The molecule has 6 nitrogen and oxygen atoms in total. The summed E-state index contributed by atoms with van der Waals surface area (Å²) in [6, 6.07) is 16.7. The highest BCUT2D eigenvalue weighted by Crippen LogP contribution is 2.25. The first kappa shape index (κ1) is 17.7. The predicted molar refractivity (Wildman–Crippen MR) is 103 cm³/mol. The van der Waals surface area contributed by atoms with Gasteiger partial charge in [0.1, 0.15) is 0 Å². The molecule has 1 fully saturated rings. The molecule has 1 amide bonds. The minimum Gasteiger partial charge on any atom is -0.338 e. The van der Waals surface area contributed by atoms with Crippen molar-refractivity contribution in [2.24, 2.45) is 5.92 Å². The Bertz CT molecular complexity index is 1090. The smallest absolute Gasteiger partial charge is 0.253 e. The zero-order valence-corrected chi connectivity index (χ0v) is 15.9. The molecule has 1 aromatic heterocycles. The number of sulfone groups is 1. The monoisotopic (exact) mass is 383 g/mol. The molecule has 1 aliphatic rings. The Labute approximate surface area is 158 Å². The highest BCUT2D eigenvalue weighted by atomic mass is 32.2. The molecule has 1 atom stereocenters. The number of likely N-dealkylation sites (tertiary alicyclic amines) is 1. The van der Waals surface area contributed by atoms with Gasteiger partial charge in [0.05, 0.1) is 11.0 Å². The molecule has 7 heteroatoms. The van der Waals surface area contributed by atoms with Gasteiger partial charge < -0.3 is 9.47 Å². The third kappa shape index (κ3) is 3.47. The summed E-state index contributed by atoms with van der Waals surface area (Å²) >= 11 is 0. The van der Waals surface area contributed by atoms with E-state index in [1.807, 2.05) is 59.5 Å². The van der Waals surface area contributed by atoms with Gasteiger partial charge in [-0.2, -0.15) is 0 Å². The number of amides is 1. The van der Waals surface area contributed by atoms with E-state index in [4.69, 9.17) is 0 Å². The first-order valence-electron chi connectivity index (χ1n) is 8.93. The Kier molecular flexibility index (Phi) is 4.47. The van der Waals surface area contributed by atoms with Crippen LogP contribution in [0.1, 0.15) is 16.8 Å². The first-order chi connectivity index (χ1) is 12.9. The van der Waals surface area contributed by atoms with Crippen molar-refractivity contribution >= 4 is 26.8 Å². The van der Waals surface area contributed by atoms with Crippen LogP contribution < -0.4 is 0 Å². The van der Waals surface area contributed by atoms with E-state index in [2.05, 4.69) is 4.98 Å². The van der Waals surface area contributed by atoms with Crippen LogP contribution in [0, 0.1) is 5.92 Å². The van der Waals surface area contributed by atoms with Crippen LogP contribution in [0.3, 0.4) is 0 Å². The van der Waals surface area contributed by atoms with Crippen LogP contribution >= 0.6 is 0 Å². The van der Waals surface area contributed by atoms with Crippen molar-refractivity contribution in [2.45, 2.75) is 18.1 Å². The van der Waals surface area contributed by atoms with E-state index in [0.29, 0.717) is 30.7 Å². The molecule has 4 rings (SSSR count). The van der Waals surface area contributed by atoms with Gasteiger partial charge in [0.2, 0.25) is 15.0 Å². The summed E-state index contributed by atoms with van der Waals surface area (Å²) in [4.78, 5) is 18.8. The normalized spacial score (nSPS) is 17.5. The Morgan fingerprint density at radius 3 is 2.56 bits per heavy atom. The van der Waals surface area contributed by atoms with Crippen molar-refractivity contribution in [2.75, 3.05) is 19.3 Å². The fourth-order valence-electron chi connectivity index (χ4n) is 3.70. The van der Waals surface area contributed by atoms with Gasteiger partial charge in [-0.15, -0.1) is 0 Å². The molecule has 1 saturated heterocycles. The molecular formula is C20H21N3O3S. The van der Waals surface area contributed by atoms with Crippen molar-refractivity contribution in [3.8, 4) is 0 Å². The molecule has 0 radical (unpaired) electrons. The number of nitrogens with zero attached hydrogens (tertiary/aromatic N) is 3. The summed E-state index contributed by atoms with van der Waals surface area (Å²) in [6.07, 6.45) is 2.03. The number of rotatable bonds is 4. The Morgan fingerprint density at radius 2 is 1.81 bits per heavy atom. The average Bonchev–Trinajstić information content (AvgIpc) is 3.27. The highest BCUT2D eigenvalue weighted by molar-refractivity contribution is 7.90. The molecule has 0 spiro atoms. The minimum atomic E-state index is -3.44. The number of hydrogen-bond donors (Lipinski definition) is 0. The topological polar surface area (TPSA) is 72.3 Å². The van der Waals surface area contributed by atoms with E-state index >= 15 is 0 Å². The van der Waals surface area contributed by atoms with Crippen molar-refractivity contribution in [1.29, 1.82) is 0 Å². The molecular weight excluding hydrogens is 362 g/mol. The SMILES string of the molecule is CS(=O)(=O)c1nc2ccccc2n1CC1CCN(C(=O)c2ccccc2)C1. The lowest BCUT2D eigenvalue weighted by Gasteiger charge is -2.17. The molecule has 0 saturated carbocycles. The summed E-state index contributed by atoms with van der Waals surface area (Å²) in [7, 11) is -3.44. The summed E-state index contributed by atoms with van der Waals surface area (Å²) < 4.78 is 26.2. The number of carbonyl (C=O) groups excluding carboxylic acids is 1. The molecule has 0 bridgehead atoms. The number of carbonyl (C=O) groups is 1. The number of hydrogen-bond acceptors (Lipinski definition) is 4. The number of aromatic nitrogens is 2. The molecule has 2 heterocycles. The number of fused-ring (bicyclic) bond motifs is 1. The number of para-hydroxylation sites is 2. The first-order valence-corrected chi connectivity index (χ1v) is 10.8. The highest BCUT2D eigenvalue weighted by Gasteiger charge is 2.29. The lowest BCUT2D eigenvalue weighted by atomic mass is 10.1. The van der Waals surface area contributed by atoms with E-state index in [1.54, 1.807) is 4.57 Å². The van der Waals surface area contributed by atoms with Gasteiger partial charge in [0, 0.05) is 31.5 Å². The molecule has 0 N–H and O–H groups in total. The van der Waals surface area contributed by atoms with Crippen molar-refractivity contribution in [3.63, 3.8) is 0 Å². The quantitative estimate of drug-likeness (QED) is 0.694. The van der Waals surface area contributed by atoms with Crippen molar-refractivity contribution < 1.29 is 13.2 Å². The van der Waals surface area contributed by atoms with Crippen LogP contribution in [0.25, 0.3) is 11.0 Å². The molecule has 3 aromatic rings. The zero-order valence-electron chi connectivity index (χ0n) is 15.1. The second-order valence-electron chi connectivity index (χ2n) is 7.04. The molecule has 140 valence electrons. The second-order valence-corrected chi connectivity index (χ2v) is 8.95. The minimum absolute atomic E-state index is 0.0249. The predicted octanol–water partition coefficient (Wildman–Crippen LogP) is 2.60. The van der Waals surface area contributed by atoms with Gasteiger partial charge in [-0.05, 0) is 36.6 Å². The van der Waals surface area contributed by atoms with Gasteiger partial charge in [-0.25, -0.2) is 13.4 Å². The standard InChI is InChI=1S/C20H21N3O3S/c1-27(25,26)20-21-17-9-5-6-10-18(17)23(20)14-15-11-12-22(13-15)19(24)16-7-3-2-4-8-16/h2-10,15H,11-14H2,1H3. The van der Waals surface area contributed by atoms with Crippen LogP contribution in [0.5, 0.6) is 0 Å². The van der Waals surface area contributed by atoms with Crippen LogP contribution in [0.4, 0.5) is 0 Å². The molecule has 0 aliphatic carbocycles. The van der Waals surface area contributed by atoms with Gasteiger partial charge in [-0.1, -0.05) is 30.3 Å². The maximum Gasteiger partial charge on any atom is 0.253 e. The summed E-state index contributed by atoms with van der Waals surface area (Å²) in [5.41, 5.74) is 2.17. The number of imidazole rings is 1. The van der Waals surface area contributed by atoms with E-state index in [-0.39, 0.29) is 17.0 Å². The van der Waals surface area contributed by atoms with E-state index in [0.717, 1.165) is 11.9 Å². The van der Waals surface area contributed by atoms with E-state index < -0.39 is 9.84 Å². The molecule has 1 unspecified atom stereocenters. The van der Waals surface area contributed by atoms with Crippen LogP contribution in [0.2, 0.25) is 0 Å². The largest absolute Gasteiger partial charge is 0.338 e. The van der Waals surface area contributed by atoms with Crippen LogP contribution in [-0.2, 0) is 16.4 Å². The van der Waals surface area contributed by atoms with E-state index in [9.17, 15) is 13.2 Å². The third-order valence-corrected chi connectivity index (χ3v) is 5.96. The van der Waals surface area contributed by atoms with Crippen LogP contribution in [-0.4, -0.2) is 48.1 Å².